The Balaban J connectivity index is 0.000000175. The van der Waals surface area contributed by atoms with Crippen LogP contribution >= 0.6 is 0 Å². The van der Waals surface area contributed by atoms with Gasteiger partial charge in [0.1, 0.15) is 93.7 Å². The monoisotopic (exact) mass is 1140 g/mol. The van der Waals surface area contributed by atoms with Gasteiger partial charge >= 0.3 is 0 Å². The number of hydrogen-bond donors (Lipinski definition) is 2. The van der Waals surface area contributed by atoms with Gasteiger partial charge < -0.3 is 29.8 Å². The van der Waals surface area contributed by atoms with Crippen molar-refractivity contribution in [3.8, 4) is 56.3 Å². The molecule has 0 fully saturated rings. The Morgan fingerprint density at radius 1 is 0.464 bits per heavy atom. The van der Waals surface area contributed by atoms with E-state index in [1.165, 1.54) is 107 Å². The van der Waals surface area contributed by atoms with Crippen LogP contribution in [0.2, 0.25) is 0 Å². The summed E-state index contributed by atoms with van der Waals surface area (Å²) in [6.45, 7) is 10.6. The number of hydrogen-bond acceptors (Lipinski definition) is 14. The summed E-state index contributed by atoms with van der Waals surface area (Å²) in [6.07, 6.45) is 2.07. The Hall–Kier alpha value is -10.4. The van der Waals surface area contributed by atoms with Gasteiger partial charge in [-0.15, -0.1) is 0 Å². The van der Waals surface area contributed by atoms with Crippen molar-refractivity contribution in [2.75, 3.05) is 11.5 Å². The van der Waals surface area contributed by atoms with E-state index in [2.05, 4.69) is 19.9 Å². The summed E-state index contributed by atoms with van der Waals surface area (Å²) in [5.41, 5.74) is 14.2. The first-order chi connectivity index (χ1) is 40.2. The van der Waals surface area contributed by atoms with E-state index >= 15 is 0 Å². The standard InChI is InChI=1S/2C31H24F3N5O3/c2*1-15(2)41-24-9-7-18(12-22(24)34)27-26-30(35)36-14-37-31(26)39(38-27)16(3)29-25(17-5-4-6-19(32)11-17)28(40)21-13-20(33)8-10-23(21)42-29/h2*4-16H,1-3H3,(H2,35,36,37)/t2*16-/m10/s1. The lowest BCUT2D eigenvalue weighted by Gasteiger charge is -2.17. The minimum atomic E-state index is -0.815. The van der Waals surface area contributed by atoms with E-state index in [1.807, 2.05) is 0 Å². The minimum Gasteiger partial charge on any atom is -0.488 e. The van der Waals surface area contributed by atoms with Crippen molar-refractivity contribution < 1.29 is 44.7 Å². The molecule has 0 amide bonds. The molecule has 6 aromatic carbocycles. The van der Waals surface area contributed by atoms with Crippen LogP contribution in [-0.2, 0) is 0 Å². The predicted octanol–water partition coefficient (Wildman–Crippen LogP) is 13.3. The molecule has 0 spiro atoms. The third-order valence-electron chi connectivity index (χ3n) is 13.7. The van der Waals surface area contributed by atoms with Crippen LogP contribution in [0.25, 0.3) is 88.8 Å². The minimum absolute atomic E-state index is 0.00183. The molecule has 22 heteroatoms. The number of fused-ring (bicyclic) bond motifs is 4. The van der Waals surface area contributed by atoms with Crippen molar-refractivity contribution in [1.82, 2.24) is 39.5 Å². The molecule has 0 radical (unpaired) electrons. The third kappa shape index (κ3) is 10.4. The van der Waals surface area contributed by atoms with Crippen LogP contribution in [0.1, 0.15) is 65.1 Å². The maximum atomic E-state index is 15.0. The van der Waals surface area contributed by atoms with Crippen molar-refractivity contribution in [2.24, 2.45) is 0 Å². The van der Waals surface area contributed by atoms with E-state index in [0.29, 0.717) is 44.6 Å². The van der Waals surface area contributed by atoms with Crippen molar-refractivity contribution in [3.05, 3.63) is 201 Å². The fraction of sp³-hybridized carbons (Fsp3) is 0.161. The zero-order chi connectivity index (χ0) is 59.4. The second-order valence-corrected chi connectivity index (χ2v) is 20.1. The molecule has 4 N–H and O–H groups in total. The summed E-state index contributed by atoms with van der Waals surface area (Å²) in [6, 6.07) is 25.4. The maximum absolute atomic E-state index is 15.0. The van der Waals surface area contributed by atoms with Crippen molar-refractivity contribution in [3.63, 3.8) is 0 Å². The van der Waals surface area contributed by atoms with Gasteiger partial charge in [0.2, 0.25) is 10.9 Å². The Bertz CT molecular complexity index is 4400. The van der Waals surface area contributed by atoms with Gasteiger partial charge in [0, 0.05) is 11.1 Å². The van der Waals surface area contributed by atoms with Gasteiger partial charge in [0.05, 0.1) is 44.9 Å². The SMILES string of the molecule is CC(C)Oc1ccc(-c2nn([C@@H](C)c3oc4ccc(F)cc4c(=O)c3-c3cccc(F)c3)c3ncnc(N)c23)cc1F.CC(C)Oc1ccc(-c2nn([C@H](C)c3oc4ccc(F)cc4c(=O)c3-c3cccc(F)c3)c3ncnc(N)c23)cc1F. The molecule has 12 rings (SSSR count). The van der Waals surface area contributed by atoms with Crippen LogP contribution in [0.3, 0.4) is 0 Å². The van der Waals surface area contributed by atoms with Crippen LogP contribution in [0, 0.1) is 34.9 Å². The van der Waals surface area contributed by atoms with Crippen molar-refractivity contribution in [2.45, 2.75) is 65.8 Å². The van der Waals surface area contributed by atoms with Gasteiger partial charge in [-0.3, -0.25) is 9.59 Å². The molecule has 0 bridgehead atoms. The van der Waals surface area contributed by atoms with E-state index < -0.39 is 57.8 Å². The molecule has 16 nitrogen and oxygen atoms in total. The number of nitrogens with two attached hydrogens (primary N) is 2. The molecule has 84 heavy (non-hydrogen) atoms. The molecule has 12 aromatic rings. The fourth-order valence-corrected chi connectivity index (χ4v) is 9.94. The largest absolute Gasteiger partial charge is 0.488 e. The lowest BCUT2D eigenvalue weighted by atomic mass is 9.99. The molecular weight excluding hydrogens is 1090 g/mol. The Kier molecular flexibility index (Phi) is 14.7. The van der Waals surface area contributed by atoms with E-state index in [-0.39, 0.29) is 91.1 Å². The van der Waals surface area contributed by atoms with E-state index in [4.69, 9.17) is 40.0 Å². The molecule has 0 aliphatic carbocycles. The van der Waals surface area contributed by atoms with Crippen LogP contribution in [0.15, 0.2) is 152 Å². The van der Waals surface area contributed by atoms with E-state index in [0.717, 1.165) is 12.1 Å². The summed E-state index contributed by atoms with van der Waals surface area (Å²) in [7, 11) is 0. The number of nitrogen functional groups attached to an aromatic ring is 2. The number of anilines is 2. The Morgan fingerprint density at radius 2 is 0.857 bits per heavy atom. The molecule has 2 atom stereocenters. The molecule has 0 aliphatic heterocycles. The first-order valence-corrected chi connectivity index (χ1v) is 26.2. The average Bonchev–Trinajstić information content (AvgIpc) is 1.93. The highest BCUT2D eigenvalue weighted by molar-refractivity contribution is 5.99. The lowest BCUT2D eigenvalue weighted by molar-refractivity contribution is 0.231. The van der Waals surface area contributed by atoms with Gasteiger partial charge in [-0.1, -0.05) is 24.3 Å². The quantitative estimate of drug-likeness (QED) is 0.109. The van der Waals surface area contributed by atoms with Crippen LogP contribution in [-0.4, -0.2) is 51.7 Å². The first-order valence-electron chi connectivity index (χ1n) is 26.2. The van der Waals surface area contributed by atoms with Crippen molar-refractivity contribution >= 4 is 55.6 Å². The van der Waals surface area contributed by atoms with Crippen LogP contribution < -0.4 is 31.8 Å². The molecule has 0 saturated carbocycles. The van der Waals surface area contributed by atoms with Gasteiger partial charge in [-0.2, -0.15) is 10.2 Å². The molecule has 0 unspecified atom stereocenters. The second-order valence-electron chi connectivity index (χ2n) is 20.1. The highest BCUT2D eigenvalue weighted by Gasteiger charge is 2.30. The van der Waals surface area contributed by atoms with Gasteiger partial charge in [0.25, 0.3) is 0 Å². The topological polar surface area (TPSA) is 218 Å². The highest BCUT2D eigenvalue weighted by Crippen LogP contribution is 2.40. The summed E-state index contributed by atoms with van der Waals surface area (Å²) in [5.74, 6) is -2.90. The maximum Gasteiger partial charge on any atom is 0.200 e. The molecule has 424 valence electrons. The van der Waals surface area contributed by atoms with Crippen LogP contribution in [0.5, 0.6) is 11.5 Å². The number of halogens is 6. The number of aromatic nitrogens is 8. The van der Waals surface area contributed by atoms with Gasteiger partial charge in [-0.05, 0) is 150 Å². The first kappa shape index (κ1) is 55.5. The lowest BCUT2D eigenvalue weighted by Crippen LogP contribution is -2.16. The molecule has 0 saturated heterocycles. The summed E-state index contributed by atoms with van der Waals surface area (Å²) >= 11 is 0. The number of rotatable bonds is 12. The van der Waals surface area contributed by atoms with E-state index in [1.54, 1.807) is 65.8 Å². The summed E-state index contributed by atoms with van der Waals surface area (Å²) < 4.78 is 113. The fourth-order valence-electron chi connectivity index (χ4n) is 9.94. The third-order valence-corrected chi connectivity index (χ3v) is 13.7. The molecular formula is C62H48F6N10O6. The zero-order valence-corrected chi connectivity index (χ0v) is 45.5. The van der Waals surface area contributed by atoms with Gasteiger partial charge in [-0.25, -0.2) is 55.6 Å². The van der Waals surface area contributed by atoms with Crippen LogP contribution in [0.4, 0.5) is 38.0 Å². The van der Waals surface area contributed by atoms with E-state index in [9.17, 15) is 35.9 Å². The Labute approximate surface area is 472 Å². The second kappa shape index (κ2) is 22.2. The average molecular weight is 1140 g/mol. The number of nitrogens with zero attached hydrogens (tertiary/aromatic N) is 8. The van der Waals surface area contributed by atoms with Crippen molar-refractivity contribution in [1.29, 1.82) is 0 Å². The summed E-state index contributed by atoms with van der Waals surface area (Å²) in [4.78, 5) is 44.5. The summed E-state index contributed by atoms with van der Waals surface area (Å²) in [5, 5.41) is 10.2. The molecule has 0 aliphatic rings. The number of benzene rings is 6. The molecule has 6 aromatic heterocycles. The Morgan fingerprint density at radius 3 is 1.23 bits per heavy atom. The highest BCUT2D eigenvalue weighted by atomic mass is 19.1. The smallest absolute Gasteiger partial charge is 0.200 e. The van der Waals surface area contributed by atoms with Gasteiger partial charge in [0.15, 0.2) is 34.4 Å². The predicted molar refractivity (Wildman–Crippen MR) is 305 cm³/mol. The number of ether oxygens (including phenoxy) is 2. The normalized spacial score (nSPS) is 12.4. The zero-order valence-electron chi connectivity index (χ0n) is 45.5. The molecule has 6 heterocycles.